The van der Waals surface area contributed by atoms with Crippen molar-refractivity contribution in [2.24, 2.45) is 5.92 Å². The Bertz CT molecular complexity index is 366. The van der Waals surface area contributed by atoms with Gasteiger partial charge in [-0.15, -0.1) is 0 Å². The van der Waals surface area contributed by atoms with Crippen molar-refractivity contribution in [2.75, 3.05) is 26.2 Å². The van der Waals surface area contributed by atoms with Gasteiger partial charge < -0.3 is 9.84 Å². The molecular weight excluding hydrogens is 238 g/mol. The molecule has 0 bridgehead atoms. The maximum absolute atomic E-state index is 8.93. The molecule has 0 saturated carbocycles. The second kappa shape index (κ2) is 5.71. The van der Waals surface area contributed by atoms with Crippen molar-refractivity contribution < 1.29 is 9.84 Å². The zero-order valence-corrected chi connectivity index (χ0v) is 10.7. The van der Waals surface area contributed by atoms with E-state index in [2.05, 4.69) is 4.90 Å². The molecule has 0 aromatic heterocycles. The van der Waals surface area contributed by atoms with Gasteiger partial charge in [0.1, 0.15) is 11.9 Å². The lowest BCUT2D eigenvalue weighted by atomic mass is 10.0. The summed E-state index contributed by atoms with van der Waals surface area (Å²) in [6.07, 6.45) is 0.133. The molecule has 1 aliphatic heterocycles. The quantitative estimate of drug-likeness (QED) is 0.874. The zero-order chi connectivity index (χ0) is 12.3. The normalized spacial score (nSPS) is 18.8. The van der Waals surface area contributed by atoms with E-state index < -0.39 is 0 Å². The predicted molar refractivity (Wildman–Crippen MR) is 68.6 cm³/mol. The maximum atomic E-state index is 8.93. The Balaban J connectivity index is 1.76. The molecule has 0 spiro atoms. The molecule has 1 aromatic rings. The third kappa shape index (κ3) is 3.60. The van der Waals surface area contributed by atoms with Crippen LogP contribution in [0.5, 0.6) is 5.75 Å². The van der Waals surface area contributed by atoms with E-state index in [0.29, 0.717) is 17.5 Å². The molecule has 1 aromatic carbocycles. The number of likely N-dealkylation sites (tertiary alicyclic amines) is 1. The SMILES string of the molecule is CC(CN1CC(CO)C1)Oc1cccc(Cl)c1. The van der Waals surface area contributed by atoms with Crippen LogP contribution in [0.15, 0.2) is 24.3 Å². The van der Waals surface area contributed by atoms with Crippen LogP contribution in [-0.2, 0) is 0 Å². The van der Waals surface area contributed by atoms with E-state index in [1.54, 1.807) is 0 Å². The highest BCUT2D eigenvalue weighted by molar-refractivity contribution is 6.30. The van der Waals surface area contributed by atoms with E-state index in [1.807, 2.05) is 31.2 Å². The van der Waals surface area contributed by atoms with E-state index in [-0.39, 0.29) is 6.10 Å². The molecule has 2 rings (SSSR count). The van der Waals surface area contributed by atoms with Gasteiger partial charge in [0.2, 0.25) is 0 Å². The van der Waals surface area contributed by atoms with Crippen LogP contribution in [0, 0.1) is 5.92 Å². The van der Waals surface area contributed by atoms with Gasteiger partial charge in [-0.1, -0.05) is 17.7 Å². The fraction of sp³-hybridized carbons (Fsp3) is 0.538. The molecule has 0 radical (unpaired) electrons. The van der Waals surface area contributed by atoms with Gasteiger partial charge in [0.15, 0.2) is 0 Å². The monoisotopic (exact) mass is 255 g/mol. The number of ether oxygens (including phenoxy) is 1. The van der Waals surface area contributed by atoms with Crippen molar-refractivity contribution in [2.45, 2.75) is 13.0 Å². The van der Waals surface area contributed by atoms with Crippen LogP contribution in [0.4, 0.5) is 0 Å². The number of aliphatic hydroxyl groups is 1. The van der Waals surface area contributed by atoms with Crippen molar-refractivity contribution >= 4 is 11.6 Å². The summed E-state index contributed by atoms with van der Waals surface area (Å²) in [6.45, 7) is 5.18. The maximum Gasteiger partial charge on any atom is 0.121 e. The lowest BCUT2D eigenvalue weighted by Gasteiger charge is -2.39. The van der Waals surface area contributed by atoms with Crippen molar-refractivity contribution in [3.8, 4) is 5.75 Å². The molecule has 1 saturated heterocycles. The number of aliphatic hydroxyl groups excluding tert-OH is 1. The molecule has 17 heavy (non-hydrogen) atoms. The molecule has 0 aliphatic carbocycles. The van der Waals surface area contributed by atoms with Gasteiger partial charge in [-0.2, -0.15) is 0 Å². The third-order valence-electron chi connectivity index (χ3n) is 2.94. The third-order valence-corrected chi connectivity index (χ3v) is 3.17. The predicted octanol–water partition coefficient (Wildman–Crippen LogP) is 2.03. The number of rotatable bonds is 5. The van der Waals surface area contributed by atoms with Crippen molar-refractivity contribution in [1.29, 1.82) is 0 Å². The Labute approximate surface area is 107 Å². The van der Waals surface area contributed by atoms with E-state index in [9.17, 15) is 0 Å². The van der Waals surface area contributed by atoms with Crippen LogP contribution in [0.3, 0.4) is 0 Å². The van der Waals surface area contributed by atoms with Crippen LogP contribution in [0.2, 0.25) is 5.02 Å². The Morgan fingerprint density at radius 2 is 2.29 bits per heavy atom. The fourth-order valence-electron chi connectivity index (χ4n) is 2.11. The second-order valence-electron chi connectivity index (χ2n) is 4.65. The standard InChI is InChI=1S/C13H18ClNO2/c1-10(6-15-7-11(8-15)9-16)17-13-4-2-3-12(14)5-13/h2-5,10-11,16H,6-9H2,1H3. The van der Waals surface area contributed by atoms with Crippen molar-refractivity contribution in [1.82, 2.24) is 4.90 Å². The summed E-state index contributed by atoms with van der Waals surface area (Å²) in [5.41, 5.74) is 0. The fourth-order valence-corrected chi connectivity index (χ4v) is 2.30. The minimum atomic E-state index is 0.133. The number of benzene rings is 1. The minimum Gasteiger partial charge on any atom is -0.489 e. The first-order valence-corrected chi connectivity index (χ1v) is 6.30. The number of hydrogen-bond donors (Lipinski definition) is 1. The highest BCUT2D eigenvalue weighted by Crippen LogP contribution is 2.20. The summed E-state index contributed by atoms with van der Waals surface area (Å²) in [5, 5.41) is 9.62. The highest BCUT2D eigenvalue weighted by Gasteiger charge is 2.27. The zero-order valence-electron chi connectivity index (χ0n) is 9.97. The molecule has 4 heteroatoms. The van der Waals surface area contributed by atoms with Gasteiger partial charge in [-0.3, -0.25) is 4.90 Å². The van der Waals surface area contributed by atoms with E-state index in [4.69, 9.17) is 21.4 Å². The van der Waals surface area contributed by atoms with Gasteiger partial charge in [0.25, 0.3) is 0 Å². The Hall–Kier alpha value is -0.770. The number of halogens is 1. The second-order valence-corrected chi connectivity index (χ2v) is 5.09. The highest BCUT2D eigenvalue weighted by atomic mass is 35.5. The van der Waals surface area contributed by atoms with E-state index in [1.165, 1.54) is 0 Å². The summed E-state index contributed by atoms with van der Waals surface area (Å²) in [5.74, 6) is 1.26. The van der Waals surface area contributed by atoms with Gasteiger partial charge >= 0.3 is 0 Å². The molecule has 1 fully saturated rings. The Morgan fingerprint density at radius 1 is 1.53 bits per heavy atom. The van der Waals surface area contributed by atoms with Crippen LogP contribution in [-0.4, -0.2) is 42.4 Å². The van der Waals surface area contributed by atoms with E-state index in [0.717, 1.165) is 25.4 Å². The van der Waals surface area contributed by atoms with Gasteiger partial charge in [0, 0.05) is 37.2 Å². The molecule has 1 heterocycles. The molecule has 1 aliphatic rings. The number of nitrogens with zero attached hydrogens (tertiary/aromatic N) is 1. The molecule has 1 unspecified atom stereocenters. The summed E-state index contributed by atoms with van der Waals surface area (Å²) in [4.78, 5) is 2.29. The topological polar surface area (TPSA) is 32.7 Å². The average molecular weight is 256 g/mol. The van der Waals surface area contributed by atoms with E-state index >= 15 is 0 Å². The summed E-state index contributed by atoms with van der Waals surface area (Å²) in [7, 11) is 0. The Morgan fingerprint density at radius 3 is 2.94 bits per heavy atom. The molecule has 3 nitrogen and oxygen atoms in total. The van der Waals surface area contributed by atoms with Gasteiger partial charge in [0.05, 0.1) is 0 Å². The first-order valence-electron chi connectivity index (χ1n) is 5.93. The van der Waals surface area contributed by atoms with Crippen molar-refractivity contribution in [3.05, 3.63) is 29.3 Å². The first kappa shape index (κ1) is 12.7. The molecule has 0 amide bonds. The van der Waals surface area contributed by atoms with Crippen molar-refractivity contribution in [3.63, 3.8) is 0 Å². The molecule has 1 N–H and O–H groups in total. The minimum absolute atomic E-state index is 0.133. The Kier molecular flexibility index (Phi) is 4.26. The summed E-state index contributed by atoms with van der Waals surface area (Å²) >= 11 is 5.89. The van der Waals surface area contributed by atoms with Crippen LogP contribution in [0.25, 0.3) is 0 Å². The van der Waals surface area contributed by atoms with Crippen LogP contribution >= 0.6 is 11.6 Å². The van der Waals surface area contributed by atoms with Crippen LogP contribution < -0.4 is 4.74 Å². The largest absolute Gasteiger partial charge is 0.489 e. The lowest BCUT2D eigenvalue weighted by Crippen LogP contribution is -2.51. The number of hydrogen-bond acceptors (Lipinski definition) is 3. The summed E-state index contributed by atoms with van der Waals surface area (Å²) < 4.78 is 5.78. The average Bonchev–Trinajstić information content (AvgIpc) is 2.22. The van der Waals surface area contributed by atoms with Crippen LogP contribution in [0.1, 0.15) is 6.92 Å². The molecular formula is C13H18ClNO2. The summed E-state index contributed by atoms with van der Waals surface area (Å²) in [6, 6.07) is 7.45. The molecule has 1 atom stereocenters. The first-order chi connectivity index (χ1) is 8.17. The van der Waals surface area contributed by atoms with Gasteiger partial charge in [-0.25, -0.2) is 0 Å². The lowest BCUT2D eigenvalue weighted by molar-refractivity contribution is 0.0268. The molecule has 94 valence electrons. The van der Waals surface area contributed by atoms with Gasteiger partial charge in [-0.05, 0) is 25.1 Å². The smallest absolute Gasteiger partial charge is 0.121 e.